The summed E-state index contributed by atoms with van der Waals surface area (Å²) in [7, 11) is 0. The molecule has 0 aromatic heterocycles. The van der Waals surface area contributed by atoms with Crippen molar-refractivity contribution >= 4 is 39.3 Å². The SMILES string of the molecule is O=C(COc1ccccc1F)NNC(=O)c1cc(Br)ccc1Cl. The third-order valence-electron chi connectivity index (χ3n) is 2.68. The van der Waals surface area contributed by atoms with Crippen LogP contribution in [0.5, 0.6) is 5.75 Å². The molecule has 0 aliphatic heterocycles. The highest BCUT2D eigenvalue weighted by Crippen LogP contribution is 2.20. The van der Waals surface area contributed by atoms with Crippen LogP contribution in [0.3, 0.4) is 0 Å². The fourth-order valence-corrected chi connectivity index (χ4v) is 2.17. The molecule has 0 spiro atoms. The molecule has 0 aliphatic rings. The zero-order valence-electron chi connectivity index (χ0n) is 11.6. The molecule has 5 nitrogen and oxygen atoms in total. The first-order chi connectivity index (χ1) is 11.0. The highest BCUT2D eigenvalue weighted by molar-refractivity contribution is 9.10. The van der Waals surface area contributed by atoms with E-state index >= 15 is 0 Å². The first-order valence-corrected chi connectivity index (χ1v) is 7.56. The third kappa shape index (κ3) is 4.94. The molecule has 0 saturated carbocycles. The van der Waals surface area contributed by atoms with E-state index in [9.17, 15) is 14.0 Å². The van der Waals surface area contributed by atoms with Crippen molar-refractivity contribution in [2.75, 3.05) is 6.61 Å². The van der Waals surface area contributed by atoms with Crippen molar-refractivity contribution in [3.63, 3.8) is 0 Å². The Morgan fingerprint density at radius 2 is 1.91 bits per heavy atom. The molecule has 0 aliphatic carbocycles. The average molecular weight is 402 g/mol. The molecule has 2 N–H and O–H groups in total. The van der Waals surface area contributed by atoms with Crippen LogP contribution in [0, 0.1) is 5.82 Å². The normalized spacial score (nSPS) is 10.0. The first-order valence-electron chi connectivity index (χ1n) is 6.39. The number of rotatable bonds is 4. The minimum absolute atomic E-state index is 0.0518. The summed E-state index contributed by atoms with van der Waals surface area (Å²) in [5, 5.41) is 0.238. The highest BCUT2D eigenvalue weighted by atomic mass is 79.9. The van der Waals surface area contributed by atoms with Gasteiger partial charge in [-0.25, -0.2) is 4.39 Å². The molecule has 0 bridgehead atoms. The van der Waals surface area contributed by atoms with Crippen molar-refractivity contribution in [2.24, 2.45) is 0 Å². The van der Waals surface area contributed by atoms with Gasteiger partial charge in [0.15, 0.2) is 18.2 Å². The first kappa shape index (κ1) is 17.2. The van der Waals surface area contributed by atoms with E-state index in [4.69, 9.17) is 16.3 Å². The van der Waals surface area contributed by atoms with E-state index in [1.54, 1.807) is 18.2 Å². The number of halogens is 3. The minimum atomic E-state index is -0.646. The lowest BCUT2D eigenvalue weighted by Crippen LogP contribution is -2.44. The molecule has 2 aromatic rings. The molecule has 8 heteroatoms. The van der Waals surface area contributed by atoms with Gasteiger partial charge in [-0.2, -0.15) is 0 Å². The monoisotopic (exact) mass is 400 g/mol. The van der Waals surface area contributed by atoms with Gasteiger partial charge in [0, 0.05) is 4.47 Å². The second-order valence-corrected chi connectivity index (χ2v) is 5.67. The fraction of sp³-hybridized carbons (Fsp3) is 0.0667. The van der Waals surface area contributed by atoms with E-state index in [0.717, 1.165) is 0 Å². The van der Waals surface area contributed by atoms with Crippen LogP contribution < -0.4 is 15.6 Å². The van der Waals surface area contributed by atoms with E-state index in [0.29, 0.717) is 4.47 Å². The van der Waals surface area contributed by atoms with Gasteiger partial charge in [0.05, 0.1) is 10.6 Å². The lowest BCUT2D eigenvalue weighted by molar-refractivity contribution is -0.123. The van der Waals surface area contributed by atoms with Gasteiger partial charge in [0.1, 0.15) is 0 Å². The van der Waals surface area contributed by atoms with E-state index in [-0.39, 0.29) is 16.3 Å². The molecule has 2 aromatic carbocycles. The number of hydrogen-bond donors (Lipinski definition) is 2. The van der Waals surface area contributed by atoms with Crippen molar-refractivity contribution in [1.29, 1.82) is 0 Å². The molecule has 0 fully saturated rings. The van der Waals surface area contributed by atoms with E-state index in [1.165, 1.54) is 24.3 Å². The second-order valence-electron chi connectivity index (χ2n) is 4.35. The highest BCUT2D eigenvalue weighted by Gasteiger charge is 2.12. The fourth-order valence-electron chi connectivity index (χ4n) is 1.61. The Bertz CT molecular complexity index is 742. The van der Waals surface area contributed by atoms with Crippen LogP contribution in [-0.4, -0.2) is 18.4 Å². The van der Waals surface area contributed by atoms with Gasteiger partial charge >= 0.3 is 0 Å². The maximum Gasteiger partial charge on any atom is 0.276 e. The lowest BCUT2D eigenvalue weighted by atomic mass is 10.2. The summed E-state index contributed by atoms with van der Waals surface area (Å²) in [5.41, 5.74) is 4.55. The molecule has 0 heterocycles. The predicted molar refractivity (Wildman–Crippen MR) is 86.7 cm³/mol. The third-order valence-corrected chi connectivity index (χ3v) is 3.51. The minimum Gasteiger partial charge on any atom is -0.481 e. The number of amides is 2. The van der Waals surface area contributed by atoms with Crippen LogP contribution >= 0.6 is 27.5 Å². The van der Waals surface area contributed by atoms with E-state index < -0.39 is 24.2 Å². The maximum atomic E-state index is 13.3. The van der Waals surface area contributed by atoms with Crippen molar-refractivity contribution in [3.05, 3.63) is 63.3 Å². The Balaban J connectivity index is 1.86. The number of para-hydroxylation sites is 1. The summed E-state index contributed by atoms with van der Waals surface area (Å²) in [6.45, 7) is -0.451. The zero-order chi connectivity index (χ0) is 16.8. The predicted octanol–water partition coefficient (Wildman–Crippen LogP) is 3.08. The number of ether oxygens (including phenoxy) is 1. The van der Waals surface area contributed by atoms with Crippen LogP contribution in [0.1, 0.15) is 10.4 Å². The summed E-state index contributed by atoms with van der Waals surface area (Å²) >= 11 is 9.12. The van der Waals surface area contributed by atoms with Gasteiger partial charge in [-0.3, -0.25) is 20.4 Å². The van der Waals surface area contributed by atoms with Crippen molar-refractivity contribution in [2.45, 2.75) is 0 Å². The number of carbonyl (C=O) groups is 2. The number of carbonyl (C=O) groups excluding carboxylic acids is 2. The Kier molecular flexibility index (Phi) is 5.95. The number of benzene rings is 2. The number of nitrogens with one attached hydrogen (secondary N) is 2. The summed E-state index contributed by atoms with van der Waals surface area (Å²) in [6, 6.07) is 10.4. The summed E-state index contributed by atoms with van der Waals surface area (Å²) in [4.78, 5) is 23.5. The molecular weight excluding hydrogens is 391 g/mol. The standard InChI is InChI=1S/C15H11BrClFN2O3/c16-9-5-6-11(17)10(7-9)15(22)20-19-14(21)8-23-13-4-2-1-3-12(13)18/h1-7H,8H2,(H,19,21)(H,20,22). The van der Waals surface area contributed by atoms with Crippen molar-refractivity contribution in [1.82, 2.24) is 10.9 Å². The van der Waals surface area contributed by atoms with Gasteiger partial charge in [-0.1, -0.05) is 39.7 Å². The Labute approximate surface area is 144 Å². The van der Waals surface area contributed by atoms with Crippen LogP contribution in [0.15, 0.2) is 46.9 Å². The van der Waals surface area contributed by atoms with Gasteiger partial charge in [-0.15, -0.1) is 0 Å². The van der Waals surface area contributed by atoms with Crippen LogP contribution in [-0.2, 0) is 4.79 Å². The largest absolute Gasteiger partial charge is 0.481 e. The molecule has 2 rings (SSSR count). The molecule has 0 unspecified atom stereocenters. The molecular formula is C15H11BrClFN2O3. The smallest absolute Gasteiger partial charge is 0.276 e. The lowest BCUT2D eigenvalue weighted by Gasteiger charge is -2.10. The molecule has 2 amide bonds. The van der Waals surface area contributed by atoms with Gasteiger partial charge in [0.2, 0.25) is 0 Å². The maximum absolute atomic E-state index is 13.3. The van der Waals surface area contributed by atoms with Gasteiger partial charge < -0.3 is 4.74 Å². The summed E-state index contributed by atoms with van der Waals surface area (Å²) in [6.07, 6.45) is 0. The Morgan fingerprint density at radius 3 is 2.65 bits per heavy atom. The van der Waals surface area contributed by atoms with E-state index in [1.807, 2.05) is 0 Å². The second kappa shape index (κ2) is 7.94. The molecule has 120 valence electrons. The van der Waals surface area contributed by atoms with Crippen molar-refractivity contribution in [3.8, 4) is 5.75 Å². The quantitative estimate of drug-likeness (QED) is 0.774. The van der Waals surface area contributed by atoms with Crippen LogP contribution in [0.4, 0.5) is 4.39 Å². The number of hydrazine groups is 1. The topological polar surface area (TPSA) is 67.4 Å². The zero-order valence-corrected chi connectivity index (χ0v) is 13.9. The van der Waals surface area contributed by atoms with Crippen molar-refractivity contribution < 1.29 is 18.7 Å². The number of hydrogen-bond acceptors (Lipinski definition) is 3. The Morgan fingerprint density at radius 1 is 1.17 bits per heavy atom. The average Bonchev–Trinajstić information content (AvgIpc) is 2.54. The summed E-state index contributed by atoms with van der Waals surface area (Å²) in [5.74, 6) is -1.86. The van der Waals surface area contributed by atoms with Gasteiger partial charge in [0.25, 0.3) is 11.8 Å². The molecule has 23 heavy (non-hydrogen) atoms. The molecule has 0 atom stereocenters. The van der Waals surface area contributed by atoms with E-state index in [2.05, 4.69) is 26.8 Å². The Hall–Kier alpha value is -2.12. The molecule has 0 radical (unpaired) electrons. The summed E-state index contributed by atoms with van der Waals surface area (Å²) < 4.78 is 19.0. The van der Waals surface area contributed by atoms with Crippen LogP contribution in [0.25, 0.3) is 0 Å². The van der Waals surface area contributed by atoms with Gasteiger partial charge in [-0.05, 0) is 30.3 Å². The molecule has 0 saturated heterocycles. The van der Waals surface area contributed by atoms with Crippen LogP contribution in [0.2, 0.25) is 5.02 Å².